The van der Waals surface area contributed by atoms with Crippen molar-refractivity contribution in [2.75, 3.05) is 7.11 Å². The van der Waals surface area contributed by atoms with Gasteiger partial charge in [0.1, 0.15) is 0 Å². The van der Waals surface area contributed by atoms with Gasteiger partial charge in [0.05, 0.1) is 12.1 Å². The van der Waals surface area contributed by atoms with Crippen LogP contribution in [0, 0.1) is 0 Å². The molecule has 20 heavy (non-hydrogen) atoms. The molecule has 0 spiro atoms. The van der Waals surface area contributed by atoms with Crippen LogP contribution in [0.5, 0.6) is 0 Å². The summed E-state index contributed by atoms with van der Waals surface area (Å²) >= 11 is 0. The van der Waals surface area contributed by atoms with Gasteiger partial charge in [-0.15, -0.1) is 0 Å². The summed E-state index contributed by atoms with van der Waals surface area (Å²) in [5.41, 5.74) is -0.112. The predicted molar refractivity (Wildman–Crippen MR) is 77.5 cm³/mol. The molecule has 5 nitrogen and oxygen atoms in total. The highest BCUT2D eigenvalue weighted by Crippen LogP contribution is 2.32. The molecule has 1 aromatic rings. The molecule has 0 aliphatic heterocycles. The maximum absolute atomic E-state index is 5.44. The molecule has 1 heterocycles. The maximum atomic E-state index is 5.44. The molecule has 2 rings (SSSR count). The van der Waals surface area contributed by atoms with Gasteiger partial charge in [-0.25, -0.2) is 0 Å². The van der Waals surface area contributed by atoms with E-state index in [4.69, 9.17) is 9.26 Å². The molecule has 1 atom stereocenters. The maximum Gasteiger partial charge on any atom is 0.229 e. The van der Waals surface area contributed by atoms with E-state index >= 15 is 0 Å². The monoisotopic (exact) mass is 281 g/mol. The van der Waals surface area contributed by atoms with Gasteiger partial charge in [0, 0.05) is 19.1 Å². The topological polar surface area (TPSA) is 60.2 Å². The summed E-state index contributed by atoms with van der Waals surface area (Å²) < 4.78 is 10.8. The summed E-state index contributed by atoms with van der Waals surface area (Å²) in [6.45, 7) is 6.99. The summed E-state index contributed by atoms with van der Waals surface area (Å²) in [6, 6.07) is 0.346. The van der Waals surface area contributed by atoms with Crippen LogP contribution in [0.1, 0.15) is 70.5 Å². The third kappa shape index (κ3) is 4.28. The fraction of sp³-hybridized carbons (Fsp3) is 0.867. The Morgan fingerprint density at radius 1 is 1.40 bits per heavy atom. The smallest absolute Gasteiger partial charge is 0.229 e. The van der Waals surface area contributed by atoms with Crippen LogP contribution < -0.4 is 5.32 Å². The fourth-order valence-electron chi connectivity index (χ4n) is 2.84. The summed E-state index contributed by atoms with van der Waals surface area (Å²) in [5.74, 6) is 2.07. The van der Waals surface area contributed by atoms with Crippen molar-refractivity contribution in [2.45, 2.75) is 77.0 Å². The number of nitrogens with zero attached hydrogens (tertiary/aromatic N) is 2. The SMILES string of the molecule is COC(C)(C)C[C@H](C)NCc1noc(C2CCCC2)n1. The van der Waals surface area contributed by atoms with E-state index in [-0.39, 0.29) is 5.60 Å². The van der Waals surface area contributed by atoms with Crippen LogP contribution in [0.15, 0.2) is 4.52 Å². The highest BCUT2D eigenvalue weighted by Gasteiger charge is 2.23. The number of hydrogen-bond acceptors (Lipinski definition) is 5. The van der Waals surface area contributed by atoms with Crippen molar-refractivity contribution in [1.29, 1.82) is 0 Å². The second-order valence-electron chi connectivity index (χ2n) is 6.48. The molecule has 0 saturated heterocycles. The van der Waals surface area contributed by atoms with Gasteiger partial charge < -0.3 is 14.6 Å². The van der Waals surface area contributed by atoms with Crippen LogP contribution in [0.2, 0.25) is 0 Å². The lowest BCUT2D eigenvalue weighted by Crippen LogP contribution is -2.35. The first-order valence-corrected chi connectivity index (χ1v) is 7.61. The van der Waals surface area contributed by atoms with Gasteiger partial charge in [-0.05, 0) is 40.0 Å². The molecular weight excluding hydrogens is 254 g/mol. The molecule has 1 aliphatic rings. The van der Waals surface area contributed by atoms with E-state index in [0.717, 1.165) is 18.1 Å². The summed E-state index contributed by atoms with van der Waals surface area (Å²) in [6.07, 6.45) is 5.88. The normalized spacial score (nSPS) is 18.6. The number of rotatable bonds is 7. The van der Waals surface area contributed by atoms with E-state index < -0.39 is 0 Å². The molecule has 0 radical (unpaired) electrons. The van der Waals surface area contributed by atoms with E-state index in [0.29, 0.717) is 18.5 Å². The van der Waals surface area contributed by atoms with Crippen LogP contribution in [-0.2, 0) is 11.3 Å². The molecule has 5 heteroatoms. The molecule has 1 saturated carbocycles. The Kier molecular flexibility index (Phi) is 5.16. The molecule has 1 fully saturated rings. The van der Waals surface area contributed by atoms with Gasteiger partial charge in [0.25, 0.3) is 0 Å². The van der Waals surface area contributed by atoms with Gasteiger partial charge in [-0.2, -0.15) is 4.98 Å². The van der Waals surface area contributed by atoms with E-state index in [1.165, 1.54) is 25.7 Å². The minimum absolute atomic E-state index is 0.112. The quantitative estimate of drug-likeness (QED) is 0.832. The number of hydrogen-bond donors (Lipinski definition) is 1. The molecule has 0 amide bonds. The third-order valence-electron chi connectivity index (χ3n) is 4.15. The molecule has 0 bridgehead atoms. The van der Waals surface area contributed by atoms with E-state index in [9.17, 15) is 0 Å². The largest absolute Gasteiger partial charge is 0.379 e. The Hall–Kier alpha value is -0.940. The Morgan fingerprint density at radius 3 is 2.75 bits per heavy atom. The van der Waals surface area contributed by atoms with Crippen molar-refractivity contribution in [3.8, 4) is 0 Å². The highest BCUT2D eigenvalue weighted by molar-refractivity contribution is 4.96. The summed E-state index contributed by atoms with van der Waals surface area (Å²) in [7, 11) is 1.75. The number of nitrogens with one attached hydrogen (secondary N) is 1. The molecule has 114 valence electrons. The van der Waals surface area contributed by atoms with Crippen molar-refractivity contribution in [1.82, 2.24) is 15.5 Å². The lowest BCUT2D eigenvalue weighted by Gasteiger charge is -2.26. The second-order valence-corrected chi connectivity index (χ2v) is 6.48. The van der Waals surface area contributed by atoms with Crippen LogP contribution in [0.25, 0.3) is 0 Å². The van der Waals surface area contributed by atoms with Gasteiger partial charge in [-0.3, -0.25) is 0 Å². The molecule has 1 aromatic heterocycles. The Balaban J connectivity index is 1.79. The Bertz CT molecular complexity index is 411. The van der Waals surface area contributed by atoms with Crippen LogP contribution >= 0.6 is 0 Å². The van der Waals surface area contributed by atoms with Crippen molar-refractivity contribution >= 4 is 0 Å². The van der Waals surface area contributed by atoms with Crippen molar-refractivity contribution in [2.24, 2.45) is 0 Å². The zero-order chi connectivity index (χ0) is 14.6. The van der Waals surface area contributed by atoms with Gasteiger partial charge in [-0.1, -0.05) is 18.0 Å². The van der Waals surface area contributed by atoms with Crippen molar-refractivity contribution < 1.29 is 9.26 Å². The summed E-state index contributed by atoms with van der Waals surface area (Å²) in [4.78, 5) is 4.51. The minimum Gasteiger partial charge on any atom is -0.379 e. The summed E-state index contributed by atoms with van der Waals surface area (Å²) in [5, 5.41) is 7.50. The van der Waals surface area contributed by atoms with E-state index in [1.54, 1.807) is 7.11 Å². The first-order chi connectivity index (χ1) is 9.50. The average molecular weight is 281 g/mol. The van der Waals surface area contributed by atoms with Crippen molar-refractivity contribution in [3.63, 3.8) is 0 Å². The van der Waals surface area contributed by atoms with Gasteiger partial charge in [0.2, 0.25) is 5.89 Å². The molecule has 1 N–H and O–H groups in total. The van der Waals surface area contributed by atoms with Crippen LogP contribution in [0.4, 0.5) is 0 Å². The van der Waals surface area contributed by atoms with E-state index in [2.05, 4.69) is 36.2 Å². The van der Waals surface area contributed by atoms with Gasteiger partial charge in [0.15, 0.2) is 5.82 Å². The minimum atomic E-state index is -0.112. The number of ether oxygens (including phenoxy) is 1. The zero-order valence-corrected chi connectivity index (χ0v) is 13.1. The molecule has 0 aromatic carbocycles. The van der Waals surface area contributed by atoms with Crippen LogP contribution in [-0.4, -0.2) is 28.9 Å². The fourth-order valence-corrected chi connectivity index (χ4v) is 2.84. The lowest BCUT2D eigenvalue weighted by molar-refractivity contribution is 0.00838. The first kappa shape index (κ1) is 15.4. The number of aromatic nitrogens is 2. The second kappa shape index (κ2) is 6.68. The first-order valence-electron chi connectivity index (χ1n) is 7.61. The molecule has 1 aliphatic carbocycles. The Labute approximate surface area is 121 Å². The zero-order valence-electron chi connectivity index (χ0n) is 13.1. The van der Waals surface area contributed by atoms with Crippen LogP contribution in [0.3, 0.4) is 0 Å². The Morgan fingerprint density at radius 2 is 2.10 bits per heavy atom. The molecule has 0 unspecified atom stereocenters. The van der Waals surface area contributed by atoms with Crippen molar-refractivity contribution in [3.05, 3.63) is 11.7 Å². The standard InChI is InChI=1S/C15H27N3O2/c1-11(9-15(2,3)19-4)16-10-13-17-14(20-18-13)12-7-5-6-8-12/h11-12,16H,5-10H2,1-4H3/t11-/m0/s1. The number of methoxy groups -OCH3 is 1. The van der Waals surface area contributed by atoms with E-state index in [1.807, 2.05) is 0 Å². The lowest BCUT2D eigenvalue weighted by atomic mass is 10.00. The predicted octanol–water partition coefficient (Wildman–Crippen LogP) is 3.02. The van der Waals surface area contributed by atoms with Gasteiger partial charge >= 0.3 is 0 Å². The average Bonchev–Trinajstić information content (AvgIpc) is 3.06. The molecular formula is C15H27N3O2. The third-order valence-corrected chi connectivity index (χ3v) is 4.15. The highest BCUT2D eigenvalue weighted by atomic mass is 16.5.